The standard InChI is InChI=1S/C13H17N3S/c1-16(8-9-17-2)12-6-7-15-13-10(12)4-3-5-11(13)14/h3-7H,8-9,14H2,1-2H3. The molecule has 1 aromatic carbocycles. The van der Waals surface area contributed by atoms with Gasteiger partial charge in [0.1, 0.15) is 0 Å². The van der Waals surface area contributed by atoms with Gasteiger partial charge >= 0.3 is 0 Å². The van der Waals surface area contributed by atoms with Gasteiger partial charge in [-0.3, -0.25) is 4.98 Å². The van der Waals surface area contributed by atoms with Crippen LogP contribution in [-0.4, -0.2) is 30.6 Å². The van der Waals surface area contributed by atoms with Gasteiger partial charge in [0.05, 0.1) is 11.2 Å². The minimum Gasteiger partial charge on any atom is -0.397 e. The minimum atomic E-state index is 0.739. The lowest BCUT2D eigenvalue weighted by Gasteiger charge is -2.20. The number of hydrogen-bond acceptors (Lipinski definition) is 4. The Morgan fingerprint density at radius 3 is 2.94 bits per heavy atom. The van der Waals surface area contributed by atoms with Gasteiger partial charge in [-0.25, -0.2) is 0 Å². The molecule has 0 aliphatic heterocycles. The van der Waals surface area contributed by atoms with E-state index in [-0.39, 0.29) is 0 Å². The Labute approximate surface area is 106 Å². The maximum atomic E-state index is 5.94. The maximum absolute atomic E-state index is 5.94. The quantitative estimate of drug-likeness (QED) is 0.843. The number of rotatable bonds is 4. The third kappa shape index (κ3) is 2.47. The van der Waals surface area contributed by atoms with Crippen LogP contribution in [0.25, 0.3) is 10.9 Å². The van der Waals surface area contributed by atoms with Gasteiger partial charge in [-0.2, -0.15) is 11.8 Å². The van der Waals surface area contributed by atoms with Crippen LogP contribution in [0.4, 0.5) is 11.4 Å². The first-order chi connectivity index (χ1) is 8.24. The van der Waals surface area contributed by atoms with Gasteiger partial charge in [0.15, 0.2) is 0 Å². The van der Waals surface area contributed by atoms with E-state index in [1.165, 1.54) is 5.69 Å². The Balaban J connectivity index is 2.43. The average molecular weight is 247 g/mol. The van der Waals surface area contributed by atoms with Crippen molar-refractivity contribution in [2.24, 2.45) is 0 Å². The summed E-state index contributed by atoms with van der Waals surface area (Å²) in [6.07, 6.45) is 3.94. The van der Waals surface area contributed by atoms with Crippen molar-refractivity contribution < 1.29 is 0 Å². The first kappa shape index (κ1) is 12.0. The lowest BCUT2D eigenvalue weighted by molar-refractivity contribution is 0.982. The van der Waals surface area contributed by atoms with Gasteiger partial charge in [0.25, 0.3) is 0 Å². The van der Waals surface area contributed by atoms with Crippen molar-refractivity contribution in [3.8, 4) is 0 Å². The highest BCUT2D eigenvalue weighted by Gasteiger charge is 2.07. The molecule has 0 aliphatic rings. The third-order valence-corrected chi connectivity index (χ3v) is 3.41. The highest BCUT2D eigenvalue weighted by atomic mass is 32.2. The summed E-state index contributed by atoms with van der Waals surface area (Å²) >= 11 is 1.85. The topological polar surface area (TPSA) is 42.2 Å². The third-order valence-electron chi connectivity index (χ3n) is 2.82. The van der Waals surface area contributed by atoms with Gasteiger partial charge < -0.3 is 10.6 Å². The number of thioether (sulfide) groups is 1. The zero-order valence-electron chi connectivity index (χ0n) is 10.2. The molecule has 0 amide bonds. The molecular weight excluding hydrogens is 230 g/mol. The second kappa shape index (κ2) is 5.27. The maximum Gasteiger partial charge on any atom is 0.0951 e. The second-order valence-electron chi connectivity index (χ2n) is 3.99. The van der Waals surface area contributed by atoms with E-state index >= 15 is 0 Å². The molecule has 0 saturated heterocycles. The normalized spacial score (nSPS) is 10.7. The molecule has 0 saturated carbocycles. The summed E-state index contributed by atoms with van der Waals surface area (Å²) in [5, 5.41) is 1.12. The van der Waals surface area contributed by atoms with Crippen molar-refractivity contribution in [2.75, 3.05) is 36.2 Å². The van der Waals surface area contributed by atoms with Crippen LogP contribution in [0.2, 0.25) is 0 Å². The highest BCUT2D eigenvalue weighted by molar-refractivity contribution is 7.98. The number of anilines is 2. The number of fused-ring (bicyclic) bond motifs is 1. The zero-order chi connectivity index (χ0) is 12.3. The number of benzene rings is 1. The molecule has 17 heavy (non-hydrogen) atoms. The van der Waals surface area contributed by atoms with E-state index in [1.54, 1.807) is 0 Å². The minimum absolute atomic E-state index is 0.739. The van der Waals surface area contributed by atoms with Gasteiger partial charge in [-0.1, -0.05) is 12.1 Å². The first-order valence-corrected chi connectivity index (χ1v) is 6.96. The molecule has 90 valence electrons. The Morgan fingerprint density at radius 1 is 1.35 bits per heavy atom. The van der Waals surface area contributed by atoms with E-state index < -0.39 is 0 Å². The molecule has 2 rings (SSSR count). The van der Waals surface area contributed by atoms with Gasteiger partial charge in [-0.05, 0) is 18.4 Å². The van der Waals surface area contributed by atoms with E-state index in [9.17, 15) is 0 Å². The zero-order valence-corrected chi connectivity index (χ0v) is 11.0. The molecule has 3 nitrogen and oxygen atoms in total. The molecule has 0 bridgehead atoms. The summed E-state index contributed by atoms with van der Waals surface area (Å²) < 4.78 is 0. The fourth-order valence-corrected chi connectivity index (χ4v) is 2.32. The summed E-state index contributed by atoms with van der Waals surface area (Å²) in [5.41, 5.74) is 8.76. The molecule has 0 radical (unpaired) electrons. The molecule has 2 N–H and O–H groups in total. The van der Waals surface area contributed by atoms with Crippen LogP contribution in [-0.2, 0) is 0 Å². The smallest absolute Gasteiger partial charge is 0.0951 e. The predicted octanol–water partition coefficient (Wildman–Crippen LogP) is 2.62. The number of hydrogen-bond donors (Lipinski definition) is 1. The number of nitrogen functional groups attached to an aromatic ring is 1. The summed E-state index contributed by atoms with van der Waals surface area (Å²) in [6.45, 7) is 1.02. The molecule has 0 atom stereocenters. The molecule has 0 spiro atoms. The number of aromatic nitrogens is 1. The monoisotopic (exact) mass is 247 g/mol. The molecule has 0 fully saturated rings. The van der Waals surface area contributed by atoms with E-state index in [0.29, 0.717) is 0 Å². The lowest BCUT2D eigenvalue weighted by Crippen LogP contribution is -2.20. The summed E-state index contributed by atoms with van der Waals surface area (Å²) in [5.74, 6) is 1.11. The predicted molar refractivity (Wildman–Crippen MR) is 77.8 cm³/mol. The molecule has 0 unspecified atom stereocenters. The van der Waals surface area contributed by atoms with Crippen molar-refractivity contribution in [3.05, 3.63) is 30.5 Å². The summed E-state index contributed by atoms with van der Waals surface area (Å²) in [4.78, 5) is 6.60. The highest BCUT2D eigenvalue weighted by Crippen LogP contribution is 2.27. The van der Waals surface area contributed by atoms with Crippen molar-refractivity contribution in [2.45, 2.75) is 0 Å². The van der Waals surface area contributed by atoms with Crippen LogP contribution < -0.4 is 10.6 Å². The fraction of sp³-hybridized carbons (Fsp3) is 0.308. The number of nitrogens with two attached hydrogens (primary N) is 1. The van der Waals surface area contributed by atoms with Crippen molar-refractivity contribution in [3.63, 3.8) is 0 Å². The number of para-hydroxylation sites is 1. The van der Waals surface area contributed by atoms with Crippen molar-refractivity contribution in [1.82, 2.24) is 4.98 Å². The lowest BCUT2D eigenvalue weighted by atomic mass is 10.1. The van der Waals surface area contributed by atoms with Crippen LogP contribution in [0.3, 0.4) is 0 Å². The van der Waals surface area contributed by atoms with E-state index in [4.69, 9.17) is 5.73 Å². The molecular formula is C13H17N3S. The molecule has 0 aliphatic carbocycles. The summed E-state index contributed by atoms with van der Waals surface area (Å²) in [7, 11) is 2.11. The Kier molecular flexibility index (Phi) is 3.74. The number of nitrogens with zero attached hydrogens (tertiary/aromatic N) is 2. The van der Waals surface area contributed by atoms with Gasteiger partial charge in [-0.15, -0.1) is 0 Å². The SMILES string of the molecule is CSCCN(C)c1ccnc2c(N)cccc12. The van der Waals surface area contributed by atoms with Gasteiger partial charge in [0.2, 0.25) is 0 Å². The summed E-state index contributed by atoms with van der Waals surface area (Å²) in [6, 6.07) is 7.98. The molecule has 4 heteroatoms. The van der Waals surface area contributed by atoms with Crippen LogP contribution in [0.15, 0.2) is 30.5 Å². The average Bonchev–Trinajstić information content (AvgIpc) is 2.36. The van der Waals surface area contributed by atoms with Crippen molar-refractivity contribution in [1.29, 1.82) is 0 Å². The van der Waals surface area contributed by atoms with Crippen LogP contribution >= 0.6 is 11.8 Å². The van der Waals surface area contributed by atoms with E-state index in [0.717, 1.165) is 28.9 Å². The van der Waals surface area contributed by atoms with Crippen molar-refractivity contribution >= 4 is 34.0 Å². The fourth-order valence-electron chi connectivity index (χ4n) is 1.87. The Morgan fingerprint density at radius 2 is 2.18 bits per heavy atom. The van der Waals surface area contributed by atoms with Crippen LogP contribution in [0.5, 0.6) is 0 Å². The molecule has 1 aromatic heterocycles. The van der Waals surface area contributed by atoms with Gasteiger partial charge in [0, 0.05) is 36.6 Å². The van der Waals surface area contributed by atoms with Crippen LogP contribution in [0, 0.1) is 0 Å². The Bertz CT molecular complexity index is 513. The second-order valence-corrected chi connectivity index (χ2v) is 4.97. The largest absolute Gasteiger partial charge is 0.397 e. The Hall–Kier alpha value is -1.42. The van der Waals surface area contributed by atoms with Crippen LogP contribution in [0.1, 0.15) is 0 Å². The van der Waals surface area contributed by atoms with E-state index in [2.05, 4.69) is 29.3 Å². The number of pyridine rings is 1. The first-order valence-electron chi connectivity index (χ1n) is 5.57. The van der Waals surface area contributed by atoms with E-state index in [1.807, 2.05) is 36.2 Å². The molecule has 2 aromatic rings. The molecule has 1 heterocycles.